The highest BCUT2D eigenvalue weighted by Crippen LogP contribution is 2.35. The van der Waals surface area contributed by atoms with Crippen molar-refractivity contribution in [3.05, 3.63) is 126 Å². The molecule has 0 fully saturated rings. The molecule has 34 heavy (non-hydrogen) atoms. The first-order valence-corrected chi connectivity index (χ1v) is 11.1. The first-order valence-electron chi connectivity index (χ1n) is 11.1. The molecule has 0 bridgehead atoms. The Hall–Kier alpha value is -4.70. The van der Waals surface area contributed by atoms with Gasteiger partial charge in [-0.15, -0.1) is 0 Å². The van der Waals surface area contributed by atoms with Gasteiger partial charge in [-0.25, -0.2) is 0 Å². The fourth-order valence-corrected chi connectivity index (χ4v) is 4.45. The van der Waals surface area contributed by atoms with E-state index in [2.05, 4.69) is 28.8 Å². The number of anilines is 2. The van der Waals surface area contributed by atoms with Gasteiger partial charge in [0.05, 0.1) is 5.70 Å². The summed E-state index contributed by atoms with van der Waals surface area (Å²) >= 11 is 0. The molecule has 0 saturated heterocycles. The summed E-state index contributed by atoms with van der Waals surface area (Å²) in [5, 5.41) is 10.7. The van der Waals surface area contributed by atoms with Crippen LogP contribution in [0.4, 0.5) is 11.4 Å². The van der Waals surface area contributed by atoms with Crippen molar-refractivity contribution in [2.75, 3.05) is 10.6 Å². The second kappa shape index (κ2) is 8.01. The van der Waals surface area contributed by atoms with Gasteiger partial charge in [-0.2, -0.15) is 0 Å². The second-order valence-corrected chi connectivity index (χ2v) is 8.33. The standard InChI is InChI=1S/C30H20N2O2/c33-29-26-18-22-16-20-10-8-7-9-19(20)15-21(22)17-25(26)27(31-23-11-3-1-4-12-23)28(30(29)34)32-24-13-5-2-6-14-24/h1-18,31-32H. The van der Waals surface area contributed by atoms with Crippen molar-refractivity contribution < 1.29 is 9.59 Å². The van der Waals surface area contributed by atoms with E-state index in [4.69, 9.17) is 0 Å². The van der Waals surface area contributed by atoms with E-state index in [0.29, 0.717) is 16.8 Å². The van der Waals surface area contributed by atoms with E-state index < -0.39 is 11.6 Å². The maximum atomic E-state index is 13.3. The molecule has 0 aromatic heterocycles. The highest BCUT2D eigenvalue weighted by molar-refractivity contribution is 6.53. The summed E-state index contributed by atoms with van der Waals surface area (Å²) < 4.78 is 0. The van der Waals surface area contributed by atoms with Crippen LogP contribution in [0.3, 0.4) is 0 Å². The Kier molecular flexibility index (Phi) is 4.70. The lowest BCUT2D eigenvalue weighted by Crippen LogP contribution is -2.30. The quantitative estimate of drug-likeness (QED) is 0.243. The monoisotopic (exact) mass is 440 g/mol. The van der Waals surface area contributed by atoms with Gasteiger partial charge in [-0.05, 0) is 70.1 Å². The van der Waals surface area contributed by atoms with Gasteiger partial charge in [0.15, 0.2) is 0 Å². The molecule has 1 aliphatic rings. The van der Waals surface area contributed by atoms with Crippen LogP contribution in [0, 0.1) is 0 Å². The average molecular weight is 441 g/mol. The van der Waals surface area contributed by atoms with Crippen LogP contribution in [0.2, 0.25) is 0 Å². The molecule has 1 aliphatic carbocycles. The minimum Gasteiger partial charge on any atom is -0.353 e. The molecule has 5 aromatic carbocycles. The molecule has 0 unspecified atom stereocenters. The highest BCUT2D eigenvalue weighted by atomic mass is 16.2. The van der Waals surface area contributed by atoms with Gasteiger partial charge in [0.2, 0.25) is 5.78 Å². The van der Waals surface area contributed by atoms with Crippen LogP contribution in [0.25, 0.3) is 27.2 Å². The zero-order chi connectivity index (χ0) is 23.1. The largest absolute Gasteiger partial charge is 0.353 e. The van der Waals surface area contributed by atoms with Gasteiger partial charge in [0.25, 0.3) is 5.78 Å². The molecule has 0 saturated carbocycles. The molecule has 0 spiro atoms. The Morgan fingerprint density at radius 2 is 0.882 bits per heavy atom. The van der Waals surface area contributed by atoms with E-state index in [1.54, 1.807) is 0 Å². The third-order valence-electron chi connectivity index (χ3n) is 6.12. The van der Waals surface area contributed by atoms with Gasteiger partial charge >= 0.3 is 0 Å². The van der Waals surface area contributed by atoms with Gasteiger partial charge in [0.1, 0.15) is 5.70 Å². The highest BCUT2D eigenvalue weighted by Gasteiger charge is 2.33. The van der Waals surface area contributed by atoms with E-state index in [-0.39, 0.29) is 5.70 Å². The number of carbonyl (C=O) groups is 2. The fraction of sp³-hybridized carbons (Fsp3) is 0. The van der Waals surface area contributed by atoms with Crippen molar-refractivity contribution >= 4 is 50.2 Å². The zero-order valence-electron chi connectivity index (χ0n) is 18.2. The van der Waals surface area contributed by atoms with Crippen LogP contribution in [-0.4, -0.2) is 11.6 Å². The molecule has 6 rings (SSSR count). The summed E-state index contributed by atoms with van der Waals surface area (Å²) in [7, 11) is 0. The predicted molar refractivity (Wildman–Crippen MR) is 138 cm³/mol. The van der Waals surface area contributed by atoms with E-state index in [1.165, 1.54) is 0 Å². The third-order valence-corrected chi connectivity index (χ3v) is 6.12. The topological polar surface area (TPSA) is 58.2 Å². The summed E-state index contributed by atoms with van der Waals surface area (Å²) in [5.74, 6) is -1.07. The molecule has 2 N–H and O–H groups in total. The number of rotatable bonds is 4. The first-order chi connectivity index (χ1) is 16.7. The summed E-state index contributed by atoms with van der Waals surface area (Å²) in [6, 6.07) is 35.2. The van der Waals surface area contributed by atoms with Crippen molar-refractivity contribution in [2.45, 2.75) is 0 Å². The van der Waals surface area contributed by atoms with Crippen LogP contribution in [-0.2, 0) is 4.79 Å². The number of Topliss-reactive ketones (excluding diaryl/α,β-unsaturated/α-hetero) is 2. The summed E-state index contributed by atoms with van der Waals surface area (Å²) in [6.07, 6.45) is 0. The molecule has 0 aliphatic heterocycles. The number of benzene rings is 5. The third kappa shape index (κ3) is 3.42. The van der Waals surface area contributed by atoms with Crippen molar-refractivity contribution in [2.24, 2.45) is 0 Å². The van der Waals surface area contributed by atoms with E-state index in [1.807, 2.05) is 91.0 Å². The van der Waals surface area contributed by atoms with Crippen molar-refractivity contribution in [1.82, 2.24) is 0 Å². The number of para-hydroxylation sites is 2. The SMILES string of the molecule is O=C1C(=O)c2cc3cc4ccccc4cc3cc2C(Nc2ccccc2)=C1Nc1ccccc1. The number of hydrogen-bond donors (Lipinski definition) is 2. The summed E-state index contributed by atoms with van der Waals surface area (Å²) in [4.78, 5) is 26.6. The van der Waals surface area contributed by atoms with Gasteiger partial charge < -0.3 is 10.6 Å². The number of carbonyl (C=O) groups excluding carboxylic acids is 2. The lowest BCUT2D eigenvalue weighted by Gasteiger charge is -2.24. The number of fused-ring (bicyclic) bond motifs is 3. The number of hydrogen-bond acceptors (Lipinski definition) is 4. The molecule has 0 atom stereocenters. The Morgan fingerprint density at radius 3 is 1.44 bits per heavy atom. The lowest BCUT2D eigenvalue weighted by molar-refractivity contribution is -0.111. The average Bonchev–Trinajstić information content (AvgIpc) is 2.88. The zero-order valence-corrected chi connectivity index (χ0v) is 18.2. The first kappa shape index (κ1) is 19.9. The van der Waals surface area contributed by atoms with Gasteiger partial charge in [0, 0.05) is 22.5 Å². The molecule has 5 aromatic rings. The fourth-order valence-electron chi connectivity index (χ4n) is 4.45. The minimum absolute atomic E-state index is 0.243. The predicted octanol–water partition coefficient (Wildman–Crippen LogP) is 6.65. The summed E-state index contributed by atoms with van der Waals surface area (Å²) in [6.45, 7) is 0. The van der Waals surface area contributed by atoms with Crippen LogP contribution in [0.5, 0.6) is 0 Å². The normalized spacial score (nSPS) is 13.3. The number of ketones is 2. The van der Waals surface area contributed by atoms with Gasteiger partial charge in [-0.3, -0.25) is 9.59 Å². The van der Waals surface area contributed by atoms with Crippen molar-refractivity contribution in [3.63, 3.8) is 0 Å². The van der Waals surface area contributed by atoms with Crippen LogP contribution < -0.4 is 10.6 Å². The molecule has 4 heteroatoms. The number of allylic oxidation sites excluding steroid dienone is 1. The maximum absolute atomic E-state index is 13.3. The number of nitrogens with one attached hydrogen (secondary N) is 2. The van der Waals surface area contributed by atoms with Crippen LogP contribution in [0.1, 0.15) is 15.9 Å². The lowest BCUT2D eigenvalue weighted by atomic mass is 9.87. The van der Waals surface area contributed by atoms with E-state index >= 15 is 0 Å². The molecule has 4 nitrogen and oxygen atoms in total. The Balaban J connectivity index is 1.60. The van der Waals surface area contributed by atoms with Gasteiger partial charge in [-0.1, -0.05) is 60.7 Å². The molecule has 0 radical (unpaired) electrons. The van der Waals surface area contributed by atoms with Crippen molar-refractivity contribution in [1.29, 1.82) is 0 Å². The summed E-state index contributed by atoms with van der Waals surface area (Å²) in [5.41, 5.74) is 3.51. The van der Waals surface area contributed by atoms with E-state index in [9.17, 15) is 9.59 Å². The Morgan fingerprint density at radius 1 is 0.412 bits per heavy atom. The minimum atomic E-state index is -0.560. The van der Waals surface area contributed by atoms with E-state index in [0.717, 1.165) is 32.9 Å². The van der Waals surface area contributed by atoms with Crippen LogP contribution in [0.15, 0.2) is 115 Å². The van der Waals surface area contributed by atoms with Crippen LogP contribution >= 0.6 is 0 Å². The maximum Gasteiger partial charge on any atom is 0.251 e. The molecular weight excluding hydrogens is 420 g/mol. The van der Waals surface area contributed by atoms with Crippen molar-refractivity contribution in [3.8, 4) is 0 Å². The second-order valence-electron chi connectivity index (χ2n) is 8.33. The molecule has 0 amide bonds. The molecular formula is C30H20N2O2. The Labute approximate surface area is 196 Å². The Bertz CT molecular complexity index is 1620. The molecule has 162 valence electrons. The smallest absolute Gasteiger partial charge is 0.251 e. The molecule has 0 heterocycles.